The lowest BCUT2D eigenvalue weighted by Gasteiger charge is -2.14. The highest BCUT2D eigenvalue weighted by molar-refractivity contribution is 5.94. The summed E-state index contributed by atoms with van der Waals surface area (Å²) in [5.41, 5.74) is -0.167. The molecule has 19 heavy (non-hydrogen) atoms. The Morgan fingerprint density at radius 2 is 1.84 bits per heavy atom. The molecule has 6 heteroatoms. The topological polar surface area (TPSA) is 37.4 Å². The standard InChI is InChI=1S/C13H12F3NO2/c1-17-6-10(11(7-18)12(17)19)8-2-4-9(5-3-8)13(14,15)16/h2-5,7,10-11H,6H2,1H3/t10-,11-/m0/s1. The molecule has 3 nitrogen and oxygen atoms in total. The smallest absolute Gasteiger partial charge is 0.344 e. The maximum Gasteiger partial charge on any atom is 0.416 e. The highest BCUT2D eigenvalue weighted by Crippen LogP contribution is 2.34. The zero-order valence-electron chi connectivity index (χ0n) is 10.1. The summed E-state index contributed by atoms with van der Waals surface area (Å²) in [6.07, 6.45) is -3.82. The number of nitrogens with zero attached hydrogens (tertiary/aromatic N) is 1. The number of halogens is 3. The van der Waals surface area contributed by atoms with Crippen molar-refractivity contribution in [3.05, 3.63) is 35.4 Å². The van der Waals surface area contributed by atoms with E-state index < -0.39 is 17.7 Å². The van der Waals surface area contributed by atoms with E-state index in [2.05, 4.69) is 0 Å². The molecule has 1 amide bonds. The number of hydrogen-bond acceptors (Lipinski definition) is 2. The molecular weight excluding hydrogens is 259 g/mol. The van der Waals surface area contributed by atoms with Crippen LogP contribution in [0.1, 0.15) is 17.0 Å². The van der Waals surface area contributed by atoms with Gasteiger partial charge in [0.05, 0.1) is 5.56 Å². The number of carbonyl (C=O) groups is 2. The van der Waals surface area contributed by atoms with Crippen molar-refractivity contribution >= 4 is 12.2 Å². The van der Waals surface area contributed by atoms with Crippen LogP contribution >= 0.6 is 0 Å². The molecule has 0 aliphatic carbocycles. The van der Waals surface area contributed by atoms with Gasteiger partial charge in [-0.2, -0.15) is 13.2 Å². The molecule has 0 N–H and O–H groups in total. The molecule has 1 heterocycles. The SMILES string of the molecule is CN1C[C@@H](c2ccc(C(F)(F)F)cc2)[C@H](C=O)C1=O. The summed E-state index contributed by atoms with van der Waals surface area (Å²) >= 11 is 0. The molecule has 0 bridgehead atoms. The lowest BCUT2D eigenvalue weighted by atomic mass is 9.89. The van der Waals surface area contributed by atoms with Gasteiger partial charge < -0.3 is 9.69 Å². The van der Waals surface area contributed by atoms with Gasteiger partial charge in [-0.3, -0.25) is 4.79 Å². The third-order valence-corrected chi connectivity index (χ3v) is 3.38. The number of hydrogen-bond donors (Lipinski definition) is 0. The number of benzene rings is 1. The van der Waals surface area contributed by atoms with Crippen LogP contribution < -0.4 is 0 Å². The predicted octanol–water partition coefficient (Wildman–Crippen LogP) is 2.08. The second-order valence-electron chi connectivity index (χ2n) is 4.61. The van der Waals surface area contributed by atoms with Crippen molar-refractivity contribution in [1.29, 1.82) is 0 Å². The van der Waals surface area contributed by atoms with Gasteiger partial charge in [0.25, 0.3) is 0 Å². The van der Waals surface area contributed by atoms with Crippen LogP contribution in [0, 0.1) is 5.92 Å². The second-order valence-corrected chi connectivity index (χ2v) is 4.61. The summed E-state index contributed by atoms with van der Waals surface area (Å²) in [5, 5.41) is 0. The molecule has 1 aliphatic rings. The largest absolute Gasteiger partial charge is 0.416 e. The number of alkyl halides is 3. The van der Waals surface area contributed by atoms with Crippen LogP contribution in [0.5, 0.6) is 0 Å². The fourth-order valence-electron chi connectivity index (χ4n) is 2.31. The van der Waals surface area contributed by atoms with Crippen LogP contribution in [0.2, 0.25) is 0 Å². The number of aldehydes is 1. The average molecular weight is 271 g/mol. The van der Waals surface area contributed by atoms with Crippen molar-refractivity contribution in [2.24, 2.45) is 5.92 Å². The summed E-state index contributed by atoms with van der Waals surface area (Å²) < 4.78 is 37.3. The van der Waals surface area contributed by atoms with Gasteiger partial charge in [-0.25, -0.2) is 0 Å². The first-order valence-corrected chi connectivity index (χ1v) is 5.72. The van der Waals surface area contributed by atoms with Crippen LogP contribution in [0.25, 0.3) is 0 Å². The van der Waals surface area contributed by atoms with E-state index in [4.69, 9.17) is 0 Å². The molecule has 2 rings (SSSR count). The molecule has 2 atom stereocenters. The van der Waals surface area contributed by atoms with Gasteiger partial charge in [-0.1, -0.05) is 12.1 Å². The van der Waals surface area contributed by atoms with Crippen LogP contribution in [-0.2, 0) is 15.8 Å². The Morgan fingerprint density at radius 3 is 2.32 bits per heavy atom. The van der Waals surface area contributed by atoms with E-state index in [0.717, 1.165) is 12.1 Å². The number of carbonyl (C=O) groups excluding carboxylic acids is 2. The minimum atomic E-state index is -4.38. The summed E-state index contributed by atoms with van der Waals surface area (Å²) in [7, 11) is 1.57. The first-order valence-electron chi connectivity index (χ1n) is 5.72. The monoisotopic (exact) mass is 271 g/mol. The Balaban J connectivity index is 2.28. The van der Waals surface area contributed by atoms with Gasteiger partial charge >= 0.3 is 6.18 Å². The molecule has 1 fully saturated rings. The first-order chi connectivity index (χ1) is 8.84. The van der Waals surface area contributed by atoms with E-state index in [0.29, 0.717) is 18.4 Å². The normalized spacial score (nSPS) is 23.8. The minimum Gasteiger partial charge on any atom is -0.344 e. The molecule has 0 unspecified atom stereocenters. The van der Waals surface area contributed by atoms with Gasteiger partial charge in [0.2, 0.25) is 5.91 Å². The predicted molar refractivity (Wildman–Crippen MR) is 61.4 cm³/mol. The second kappa shape index (κ2) is 4.68. The van der Waals surface area contributed by atoms with E-state index in [1.54, 1.807) is 7.05 Å². The highest BCUT2D eigenvalue weighted by Gasteiger charge is 2.39. The van der Waals surface area contributed by atoms with E-state index in [1.807, 2.05) is 0 Å². The van der Waals surface area contributed by atoms with E-state index in [9.17, 15) is 22.8 Å². The van der Waals surface area contributed by atoms with Crippen LogP contribution in [0.15, 0.2) is 24.3 Å². The maximum atomic E-state index is 12.4. The van der Waals surface area contributed by atoms with E-state index >= 15 is 0 Å². The molecule has 0 saturated carbocycles. The molecule has 1 aromatic carbocycles. The highest BCUT2D eigenvalue weighted by atomic mass is 19.4. The Bertz CT molecular complexity index is 496. The minimum absolute atomic E-state index is 0.292. The molecule has 1 aliphatic heterocycles. The molecule has 102 valence electrons. The quantitative estimate of drug-likeness (QED) is 0.610. The summed E-state index contributed by atoms with van der Waals surface area (Å²) in [5.74, 6) is -1.47. The summed E-state index contributed by atoms with van der Waals surface area (Å²) in [6.45, 7) is 0.341. The van der Waals surface area contributed by atoms with Crippen molar-refractivity contribution < 1.29 is 22.8 Å². The Kier molecular flexibility index (Phi) is 3.34. The Hall–Kier alpha value is -1.85. The van der Waals surface area contributed by atoms with Crippen molar-refractivity contribution in [3.8, 4) is 0 Å². The van der Waals surface area contributed by atoms with E-state index in [-0.39, 0.29) is 11.8 Å². The van der Waals surface area contributed by atoms with Gasteiger partial charge in [0.15, 0.2) is 0 Å². The number of amides is 1. The molecule has 0 aromatic heterocycles. The van der Waals surface area contributed by atoms with Gasteiger partial charge in [0, 0.05) is 19.5 Å². The lowest BCUT2D eigenvalue weighted by Crippen LogP contribution is -2.23. The van der Waals surface area contributed by atoms with Crippen molar-refractivity contribution in [3.63, 3.8) is 0 Å². The van der Waals surface area contributed by atoms with Gasteiger partial charge in [0.1, 0.15) is 12.2 Å². The summed E-state index contributed by atoms with van der Waals surface area (Å²) in [4.78, 5) is 24.0. The maximum absolute atomic E-state index is 12.4. The fraction of sp³-hybridized carbons (Fsp3) is 0.385. The van der Waals surface area contributed by atoms with Crippen molar-refractivity contribution in [2.45, 2.75) is 12.1 Å². The molecule has 1 saturated heterocycles. The number of rotatable bonds is 2. The van der Waals surface area contributed by atoms with Gasteiger partial charge in [-0.05, 0) is 17.7 Å². The van der Waals surface area contributed by atoms with Crippen LogP contribution in [0.3, 0.4) is 0 Å². The third-order valence-electron chi connectivity index (χ3n) is 3.38. The molecule has 1 aromatic rings. The zero-order chi connectivity index (χ0) is 14.2. The number of likely N-dealkylation sites (N-methyl/N-ethyl adjacent to an activating group) is 1. The van der Waals surface area contributed by atoms with Crippen LogP contribution in [-0.4, -0.2) is 30.7 Å². The first kappa shape index (κ1) is 13.6. The van der Waals surface area contributed by atoms with E-state index in [1.165, 1.54) is 17.0 Å². The fourth-order valence-corrected chi connectivity index (χ4v) is 2.31. The average Bonchev–Trinajstić information content (AvgIpc) is 2.64. The number of likely N-dealkylation sites (tertiary alicyclic amines) is 1. The Morgan fingerprint density at radius 1 is 1.26 bits per heavy atom. The van der Waals surface area contributed by atoms with Gasteiger partial charge in [-0.15, -0.1) is 0 Å². The summed E-state index contributed by atoms with van der Waals surface area (Å²) in [6, 6.07) is 4.60. The molecule has 0 spiro atoms. The van der Waals surface area contributed by atoms with Crippen molar-refractivity contribution in [1.82, 2.24) is 4.90 Å². The lowest BCUT2D eigenvalue weighted by molar-refractivity contribution is -0.137. The third kappa shape index (κ3) is 2.47. The Labute approximate surface area is 108 Å². The zero-order valence-corrected chi connectivity index (χ0v) is 10.1. The van der Waals surface area contributed by atoms with Crippen LogP contribution in [0.4, 0.5) is 13.2 Å². The van der Waals surface area contributed by atoms with Crippen molar-refractivity contribution in [2.75, 3.05) is 13.6 Å². The molecule has 0 radical (unpaired) electrons. The molecular formula is C13H12F3NO2.